The molecule has 0 saturated carbocycles. The van der Waals surface area contributed by atoms with Crippen molar-refractivity contribution in [1.82, 2.24) is 4.90 Å². The lowest BCUT2D eigenvalue weighted by atomic mass is 10.1. The van der Waals surface area contributed by atoms with Crippen molar-refractivity contribution in [3.05, 3.63) is 52.4 Å². The van der Waals surface area contributed by atoms with Gasteiger partial charge < -0.3 is 4.74 Å². The number of esters is 1. The number of nitrogens with zero attached hydrogens (tertiary/aromatic N) is 1. The summed E-state index contributed by atoms with van der Waals surface area (Å²) in [5.74, 6) is -0.246. The Balaban J connectivity index is 1.69. The molecule has 0 saturated heterocycles. The maximum absolute atomic E-state index is 11.0. The van der Waals surface area contributed by atoms with Gasteiger partial charge in [-0.1, -0.05) is 30.3 Å². The van der Waals surface area contributed by atoms with Crippen molar-refractivity contribution in [2.24, 2.45) is 0 Å². The van der Waals surface area contributed by atoms with Crippen LogP contribution in [0.2, 0.25) is 0 Å². The molecule has 1 aromatic heterocycles. The zero-order chi connectivity index (χ0) is 13.9. The first-order chi connectivity index (χ1) is 9.70. The lowest BCUT2D eigenvalue weighted by Gasteiger charge is -2.26. The van der Waals surface area contributed by atoms with Crippen LogP contribution < -0.4 is 4.74 Å². The average Bonchev–Trinajstić information content (AvgIpc) is 2.80. The lowest BCUT2D eigenvalue weighted by molar-refractivity contribution is -0.131. The molecule has 0 bridgehead atoms. The molecule has 4 heteroatoms. The first-order valence-corrected chi connectivity index (χ1v) is 7.58. The van der Waals surface area contributed by atoms with Crippen LogP contribution >= 0.6 is 11.3 Å². The van der Waals surface area contributed by atoms with Crippen LogP contribution in [0.5, 0.6) is 5.06 Å². The minimum Gasteiger partial charge on any atom is -0.416 e. The molecule has 0 amide bonds. The fourth-order valence-corrected chi connectivity index (χ4v) is 3.58. The maximum Gasteiger partial charge on any atom is 0.308 e. The Hall–Kier alpha value is -1.65. The number of hydrogen-bond acceptors (Lipinski definition) is 4. The summed E-state index contributed by atoms with van der Waals surface area (Å²) >= 11 is 1.60. The molecule has 1 aliphatic heterocycles. The summed E-state index contributed by atoms with van der Waals surface area (Å²) in [7, 11) is 0. The number of carbonyl (C=O) groups is 1. The largest absolute Gasteiger partial charge is 0.416 e. The Morgan fingerprint density at radius 2 is 2.15 bits per heavy atom. The van der Waals surface area contributed by atoms with Crippen molar-refractivity contribution in [2.75, 3.05) is 6.54 Å². The number of benzene rings is 1. The smallest absolute Gasteiger partial charge is 0.308 e. The molecular formula is C16H17NO2S. The number of hydrogen-bond donors (Lipinski definition) is 0. The number of ether oxygens (including phenoxy) is 1. The van der Waals surface area contributed by atoms with E-state index < -0.39 is 0 Å². The van der Waals surface area contributed by atoms with Gasteiger partial charge in [-0.25, -0.2) is 0 Å². The van der Waals surface area contributed by atoms with Crippen molar-refractivity contribution in [3.8, 4) is 5.06 Å². The van der Waals surface area contributed by atoms with Gasteiger partial charge in [-0.05, 0) is 23.6 Å². The minimum atomic E-state index is -0.246. The first-order valence-electron chi connectivity index (χ1n) is 6.77. The van der Waals surface area contributed by atoms with Crippen molar-refractivity contribution in [1.29, 1.82) is 0 Å². The van der Waals surface area contributed by atoms with Crippen LogP contribution in [0.4, 0.5) is 0 Å². The summed E-state index contributed by atoms with van der Waals surface area (Å²) < 4.78 is 5.18. The van der Waals surface area contributed by atoms with Gasteiger partial charge in [0, 0.05) is 31.4 Å². The van der Waals surface area contributed by atoms with Gasteiger partial charge in [0.05, 0.1) is 0 Å². The van der Waals surface area contributed by atoms with Gasteiger partial charge in [-0.2, -0.15) is 0 Å². The predicted octanol–water partition coefficient (Wildman–Crippen LogP) is 3.23. The van der Waals surface area contributed by atoms with Crippen LogP contribution in [-0.4, -0.2) is 17.4 Å². The fourth-order valence-electron chi connectivity index (χ4n) is 2.53. The molecule has 0 N–H and O–H groups in total. The van der Waals surface area contributed by atoms with Crippen LogP contribution in [0.25, 0.3) is 0 Å². The molecule has 3 rings (SSSR count). The molecule has 3 nitrogen and oxygen atoms in total. The number of fused-ring (bicyclic) bond motifs is 1. The van der Waals surface area contributed by atoms with E-state index >= 15 is 0 Å². The van der Waals surface area contributed by atoms with Crippen LogP contribution in [0.1, 0.15) is 22.9 Å². The third-order valence-electron chi connectivity index (χ3n) is 3.42. The van der Waals surface area contributed by atoms with E-state index in [2.05, 4.69) is 29.2 Å². The van der Waals surface area contributed by atoms with Gasteiger partial charge in [0.2, 0.25) is 0 Å². The topological polar surface area (TPSA) is 29.5 Å². The van der Waals surface area contributed by atoms with E-state index in [-0.39, 0.29) is 5.97 Å². The molecule has 0 fully saturated rings. The summed E-state index contributed by atoms with van der Waals surface area (Å²) in [4.78, 5) is 14.8. The monoisotopic (exact) mass is 287 g/mol. The van der Waals surface area contributed by atoms with Gasteiger partial charge in [0.25, 0.3) is 0 Å². The molecule has 0 aliphatic carbocycles. The minimum absolute atomic E-state index is 0.246. The zero-order valence-corrected chi connectivity index (χ0v) is 12.3. The van der Waals surface area contributed by atoms with Crippen LogP contribution in [0.15, 0.2) is 36.4 Å². The fraction of sp³-hybridized carbons (Fsp3) is 0.312. The van der Waals surface area contributed by atoms with Crippen LogP contribution in [-0.2, 0) is 24.3 Å². The SMILES string of the molecule is CC(=O)Oc1cc2c(s1)CCN(Cc1ccccc1)C2. The first kappa shape index (κ1) is 13.3. The highest BCUT2D eigenvalue weighted by Crippen LogP contribution is 2.33. The normalized spacial score (nSPS) is 14.8. The van der Waals surface area contributed by atoms with E-state index in [1.165, 1.54) is 22.9 Å². The lowest BCUT2D eigenvalue weighted by Crippen LogP contribution is -2.29. The highest BCUT2D eigenvalue weighted by Gasteiger charge is 2.20. The predicted molar refractivity (Wildman–Crippen MR) is 79.9 cm³/mol. The van der Waals surface area contributed by atoms with Crippen LogP contribution in [0, 0.1) is 0 Å². The molecule has 2 aromatic rings. The van der Waals surface area contributed by atoms with Gasteiger partial charge in [-0.15, -0.1) is 11.3 Å². The molecule has 2 heterocycles. The Bertz CT molecular complexity index is 606. The second-order valence-electron chi connectivity index (χ2n) is 5.05. The van der Waals surface area contributed by atoms with E-state index in [9.17, 15) is 4.79 Å². The number of carbonyl (C=O) groups excluding carboxylic acids is 1. The zero-order valence-electron chi connectivity index (χ0n) is 11.5. The highest BCUT2D eigenvalue weighted by atomic mass is 32.1. The summed E-state index contributed by atoms with van der Waals surface area (Å²) in [5, 5.41) is 0.726. The number of rotatable bonds is 3. The molecule has 1 aromatic carbocycles. The van der Waals surface area contributed by atoms with Gasteiger partial charge in [-0.3, -0.25) is 9.69 Å². The summed E-state index contributed by atoms with van der Waals surface area (Å²) in [6.45, 7) is 4.41. The number of thiophene rings is 1. The quantitative estimate of drug-likeness (QED) is 0.812. The molecular weight excluding hydrogens is 270 g/mol. The Morgan fingerprint density at radius 1 is 1.35 bits per heavy atom. The highest BCUT2D eigenvalue weighted by molar-refractivity contribution is 7.14. The van der Waals surface area contributed by atoms with Gasteiger partial charge in [0.15, 0.2) is 5.06 Å². The summed E-state index contributed by atoms with van der Waals surface area (Å²) in [6.07, 6.45) is 1.04. The Morgan fingerprint density at radius 3 is 2.90 bits per heavy atom. The molecule has 20 heavy (non-hydrogen) atoms. The third-order valence-corrected chi connectivity index (χ3v) is 4.53. The molecule has 0 unspecified atom stereocenters. The second kappa shape index (κ2) is 5.77. The van der Waals surface area contributed by atoms with Crippen molar-refractivity contribution < 1.29 is 9.53 Å². The van der Waals surface area contributed by atoms with Crippen LogP contribution in [0.3, 0.4) is 0 Å². The van der Waals surface area contributed by atoms with E-state index in [0.717, 1.165) is 31.1 Å². The average molecular weight is 287 g/mol. The van der Waals surface area contributed by atoms with Crippen molar-refractivity contribution >= 4 is 17.3 Å². The maximum atomic E-state index is 11.0. The molecule has 0 atom stereocenters. The Kier molecular flexibility index (Phi) is 3.85. The van der Waals surface area contributed by atoms with Crippen molar-refractivity contribution in [3.63, 3.8) is 0 Å². The summed E-state index contributed by atoms with van der Waals surface area (Å²) in [6, 6.07) is 12.5. The second-order valence-corrected chi connectivity index (χ2v) is 6.15. The van der Waals surface area contributed by atoms with E-state index in [0.29, 0.717) is 0 Å². The molecule has 1 aliphatic rings. The van der Waals surface area contributed by atoms with E-state index in [1.807, 2.05) is 12.1 Å². The molecule has 0 radical (unpaired) electrons. The molecule has 104 valence electrons. The van der Waals surface area contributed by atoms with Crippen molar-refractivity contribution in [2.45, 2.75) is 26.4 Å². The van der Waals surface area contributed by atoms with Gasteiger partial charge >= 0.3 is 5.97 Å². The summed E-state index contributed by atoms with van der Waals surface area (Å²) in [5.41, 5.74) is 2.64. The van der Waals surface area contributed by atoms with E-state index in [4.69, 9.17) is 4.74 Å². The standard InChI is InChI=1S/C16H17NO2S/c1-12(18)19-16-9-14-11-17(8-7-15(14)20-16)10-13-5-3-2-4-6-13/h2-6,9H,7-8,10-11H2,1H3. The Labute approximate surface area is 122 Å². The van der Waals surface area contributed by atoms with Gasteiger partial charge in [0.1, 0.15) is 0 Å². The molecule has 0 spiro atoms. The third kappa shape index (κ3) is 3.08. The van der Waals surface area contributed by atoms with E-state index in [1.54, 1.807) is 11.3 Å².